The zero-order chi connectivity index (χ0) is 23.0. The highest BCUT2D eigenvalue weighted by atomic mass is 32.2. The highest BCUT2D eigenvalue weighted by Gasteiger charge is 2.26. The number of hydrogen-bond donors (Lipinski definition) is 2. The van der Waals surface area contributed by atoms with E-state index in [4.69, 9.17) is 9.84 Å². The number of aliphatic carboxylic acids is 1. The van der Waals surface area contributed by atoms with Crippen molar-refractivity contribution in [1.82, 2.24) is 14.6 Å². The summed E-state index contributed by atoms with van der Waals surface area (Å²) in [6.45, 7) is -0.312. The third kappa shape index (κ3) is 6.02. The first-order chi connectivity index (χ1) is 15.4. The van der Waals surface area contributed by atoms with E-state index in [0.717, 1.165) is 9.87 Å². The van der Waals surface area contributed by atoms with Crippen LogP contribution in [0.4, 0.5) is 4.79 Å². The summed E-state index contributed by atoms with van der Waals surface area (Å²) in [5.74, 6) is -1.12. The number of pyridine rings is 1. The lowest BCUT2D eigenvalue weighted by Crippen LogP contribution is -2.39. The Kier molecular flexibility index (Phi) is 7.74. The van der Waals surface area contributed by atoms with E-state index in [9.17, 15) is 18.0 Å². The van der Waals surface area contributed by atoms with Crippen LogP contribution in [0.15, 0.2) is 71.9 Å². The van der Waals surface area contributed by atoms with Crippen LogP contribution in [0.25, 0.3) is 10.8 Å². The summed E-state index contributed by atoms with van der Waals surface area (Å²) >= 11 is 0. The molecule has 0 atom stereocenters. The molecule has 1 amide bonds. The first-order valence-electron chi connectivity index (χ1n) is 9.87. The molecule has 9 nitrogen and oxygen atoms in total. The van der Waals surface area contributed by atoms with Gasteiger partial charge in [-0.15, -0.1) is 0 Å². The Morgan fingerprint density at radius 3 is 2.56 bits per heavy atom. The lowest BCUT2D eigenvalue weighted by atomic mass is 10.2. The molecule has 3 rings (SSSR count). The van der Waals surface area contributed by atoms with Crippen LogP contribution in [0.5, 0.6) is 0 Å². The average Bonchev–Trinajstić information content (AvgIpc) is 2.79. The van der Waals surface area contributed by atoms with Crippen LogP contribution >= 0.6 is 0 Å². The van der Waals surface area contributed by atoms with Crippen molar-refractivity contribution in [3.05, 3.63) is 72.6 Å². The van der Waals surface area contributed by atoms with Crippen molar-refractivity contribution >= 4 is 32.9 Å². The minimum atomic E-state index is -4.03. The number of nitrogens with one attached hydrogen (secondary N) is 1. The van der Waals surface area contributed by atoms with Gasteiger partial charge in [0.05, 0.1) is 11.3 Å². The van der Waals surface area contributed by atoms with E-state index in [2.05, 4.69) is 10.3 Å². The molecular formula is C22H23N3O6S. The van der Waals surface area contributed by atoms with Gasteiger partial charge in [0.2, 0.25) is 10.0 Å². The number of sulfonamides is 1. The van der Waals surface area contributed by atoms with Gasteiger partial charge in [-0.25, -0.2) is 13.2 Å². The number of carboxylic acid groups (broad SMARTS) is 1. The minimum absolute atomic E-state index is 0.0429. The molecule has 0 saturated carbocycles. The third-order valence-corrected chi connectivity index (χ3v) is 6.63. The van der Waals surface area contributed by atoms with Crippen LogP contribution in [-0.2, 0) is 26.2 Å². The maximum absolute atomic E-state index is 13.3. The predicted molar refractivity (Wildman–Crippen MR) is 117 cm³/mol. The molecule has 0 aliphatic carbocycles. The number of hydrogen-bond acceptors (Lipinski definition) is 6. The first-order valence-corrected chi connectivity index (χ1v) is 11.3. The van der Waals surface area contributed by atoms with Crippen molar-refractivity contribution in [2.75, 3.05) is 19.6 Å². The second-order valence-corrected chi connectivity index (χ2v) is 8.80. The molecule has 0 unspecified atom stereocenters. The smallest absolute Gasteiger partial charge is 0.407 e. The highest BCUT2D eigenvalue weighted by Crippen LogP contribution is 2.25. The number of ether oxygens (including phenoxy) is 1. The number of benzene rings is 2. The number of fused-ring (bicyclic) bond motifs is 1. The fourth-order valence-corrected chi connectivity index (χ4v) is 4.74. The topological polar surface area (TPSA) is 126 Å². The molecule has 3 aromatic rings. The molecule has 0 aliphatic heterocycles. The van der Waals surface area contributed by atoms with Crippen molar-refractivity contribution in [2.24, 2.45) is 0 Å². The predicted octanol–water partition coefficient (Wildman–Crippen LogP) is 2.63. The largest absolute Gasteiger partial charge is 0.481 e. The van der Waals surface area contributed by atoms with Gasteiger partial charge in [0.25, 0.3) is 0 Å². The average molecular weight is 458 g/mol. The number of aromatic nitrogens is 1. The van der Waals surface area contributed by atoms with Crippen molar-refractivity contribution in [3.8, 4) is 0 Å². The molecule has 168 valence electrons. The number of carboxylic acids is 1. The van der Waals surface area contributed by atoms with E-state index in [-0.39, 0.29) is 37.6 Å². The minimum Gasteiger partial charge on any atom is -0.481 e. The van der Waals surface area contributed by atoms with E-state index in [0.29, 0.717) is 10.8 Å². The molecule has 0 spiro atoms. The number of rotatable bonds is 10. The Labute approximate surface area is 185 Å². The Morgan fingerprint density at radius 2 is 1.81 bits per heavy atom. The Morgan fingerprint density at radius 1 is 1.03 bits per heavy atom. The molecule has 0 fully saturated rings. The lowest BCUT2D eigenvalue weighted by Gasteiger charge is -2.22. The van der Waals surface area contributed by atoms with Gasteiger partial charge in [-0.3, -0.25) is 9.78 Å². The molecule has 1 heterocycles. The highest BCUT2D eigenvalue weighted by molar-refractivity contribution is 7.89. The van der Waals surface area contributed by atoms with Crippen LogP contribution in [0, 0.1) is 0 Å². The molecule has 0 radical (unpaired) electrons. The summed E-state index contributed by atoms with van der Waals surface area (Å²) in [5.41, 5.74) is 0.818. The standard InChI is InChI=1S/C22H23N3O6S/c26-21(27)10-13-25(14-12-24-22(28)31-16-17-5-2-1-3-6-17)32(29,30)20-8-4-7-18-15-23-11-9-19(18)20/h1-9,11,15H,10,12-14,16H2,(H,24,28)(H,26,27). The Bertz CT molecular complexity index is 1180. The quantitative estimate of drug-likeness (QED) is 0.479. The lowest BCUT2D eigenvalue weighted by molar-refractivity contribution is -0.137. The summed E-state index contributed by atoms with van der Waals surface area (Å²) in [4.78, 5) is 27.1. The normalized spacial score (nSPS) is 11.4. The SMILES string of the molecule is O=C(O)CCN(CCNC(=O)OCc1ccccc1)S(=O)(=O)c1cccc2cnccc12. The molecule has 2 aromatic carbocycles. The molecule has 32 heavy (non-hydrogen) atoms. The number of carbonyl (C=O) groups excluding carboxylic acids is 1. The summed E-state index contributed by atoms with van der Waals surface area (Å²) in [7, 11) is -4.03. The molecule has 0 bridgehead atoms. The summed E-state index contributed by atoms with van der Waals surface area (Å²) < 4.78 is 32.8. The van der Waals surface area contributed by atoms with E-state index in [1.165, 1.54) is 12.3 Å². The number of carbonyl (C=O) groups is 2. The van der Waals surface area contributed by atoms with Crippen molar-refractivity contribution in [1.29, 1.82) is 0 Å². The Balaban J connectivity index is 1.68. The second-order valence-electron chi connectivity index (χ2n) is 6.89. The van der Waals surface area contributed by atoms with E-state index < -0.39 is 22.1 Å². The zero-order valence-corrected chi connectivity index (χ0v) is 18.0. The molecule has 1 aromatic heterocycles. The van der Waals surface area contributed by atoms with Gasteiger partial charge in [-0.2, -0.15) is 4.31 Å². The zero-order valence-electron chi connectivity index (χ0n) is 17.2. The Hall–Kier alpha value is -3.50. The second kappa shape index (κ2) is 10.7. The maximum Gasteiger partial charge on any atom is 0.407 e. The summed E-state index contributed by atoms with van der Waals surface area (Å²) in [6, 6.07) is 15.5. The molecule has 0 saturated heterocycles. The van der Waals surface area contributed by atoms with Crippen LogP contribution in [-0.4, -0.2) is 54.5 Å². The summed E-state index contributed by atoms with van der Waals surface area (Å²) in [6.07, 6.45) is 1.98. The molecule has 0 aliphatic rings. The number of nitrogens with zero attached hydrogens (tertiary/aromatic N) is 2. The van der Waals surface area contributed by atoms with Crippen LogP contribution in [0.3, 0.4) is 0 Å². The van der Waals surface area contributed by atoms with Crippen LogP contribution < -0.4 is 5.32 Å². The fourth-order valence-electron chi connectivity index (χ4n) is 3.09. The molecular weight excluding hydrogens is 434 g/mol. The van der Waals surface area contributed by atoms with E-state index >= 15 is 0 Å². The van der Waals surface area contributed by atoms with Gasteiger partial charge in [0.15, 0.2) is 0 Å². The number of alkyl carbamates (subject to hydrolysis) is 1. The third-order valence-electron chi connectivity index (χ3n) is 4.68. The first kappa shape index (κ1) is 23.2. The van der Waals surface area contributed by atoms with Crippen molar-refractivity contribution in [2.45, 2.75) is 17.9 Å². The fraction of sp³-hybridized carbons (Fsp3) is 0.227. The van der Waals surface area contributed by atoms with Gasteiger partial charge in [0.1, 0.15) is 6.61 Å². The van der Waals surface area contributed by atoms with Gasteiger partial charge in [-0.05, 0) is 17.7 Å². The van der Waals surface area contributed by atoms with E-state index in [1.54, 1.807) is 24.4 Å². The van der Waals surface area contributed by atoms with Gasteiger partial charge < -0.3 is 15.2 Å². The van der Waals surface area contributed by atoms with Gasteiger partial charge in [-0.1, -0.05) is 42.5 Å². The monoisotopic (exact) mass is 457 g/mol. The van der Waals surface area contributed by atoms with E-state index in [1.807, 2.05) is 30.3 Å². The maximum atomic E-state index is 13.3. The number of amides is 1. The molecule has 2 N–H and O–H groups in total. The molecule has 10 heteroatoms. The van der Waals surface area contributed by atoms with Gasteiger partial charge >= 0.3 is 12.1 Å². The van der Waals surface area contributed by atoms with Crippen LogP contribution in [0.2, 0.25) is 0 Å². The van der Waals surface area contributed by atoms with Gasteiger partial charge in [0, 0.05) is 42.8 Å². The summed E-state index contributed by atoms with van der Waals surface area (Å²) in [5, 5.41) is 12.7. The van der Waals surface area contributed by atoms with Crippen LogP contribution in [0.1, 0.15) is 12.0 Å². The van der Waals surface area contributed by atoms with Crippen molar-refractivity contribution in [3.63, 3.8) is 0 Å². The van der Waals surface area contributed by atoms with Crippen molar-refractivity contribution < 1.29 is 27.9 Å².